The van der Waals surface area contributed by atoms with Crippen molar-refractivity contribution in [1.82, 2.24) is 10.6 Å². The average molecular weight is 173 g/mol. The van der Waals surface area contributed by atoms with E-state index in [1.807, 2.05) is 5.32 Å². The van der Waals surface area contributed by atoms with Gasteiger partial charge in [0.25, 0.3) is 12.1 Å². The average Bonchev–Trinajstić information content (AvgIpc) is 2.30. The van der Waals surface area contributed by atoms with Crippen LogP contribution in [0, 0.1) is 0 Å². The van der Waals surface area contributed by atoms with E-state index in [-0.39, 0.29) is 6.54 Å². The lowest BCUT2D eigenvalue weighted by Gasteiger charge is -2.06. The molecule has 66 valence electrons. The first-order valence-corrected chi connectivity index (χ1v) is 3.14. The number of amides is 3. The van der Waals surface area contributed by atoms with Crippen LogP contribution >= 0.6 is 0 Å². The molecule has 1 saturated heterocycles. The van der Waals surface area contributed by atoms with E-state index in [1.165, 1.54) is 0 Å². The number of nitrogens with two attached hydrogens (primary N) is 1. The second-order valence-corrected chi connectivity index (χ2v) is 2.04. The predicted molar refractivity (Wildman–Crippen MR) is 35.6 cm³/mol. The maximum atomic E-state index is 10.7. The molecule has 4 N–H and O–H groups in total. The molecule has 1 heterocycles. The van der Waals surface area contributed by atoms with E-state index < -0.39 is 24.1 Å². The quantitative estimate of drug-likeness (QED) is 0.320. The minimum Gasteiger partial charge on any atom is -0.431 e. The zero-order chi connectivity index (χ0) is 9.14. The molecule has 12 heavy (non-hydrogen) atoms. The first-order chi connectivity index (χ1) is 5.63. The van der Waals surface area contributed by atoms with Crippen LogP contribution in [-0.2, 0) is 14.3 Å². The molecule has 0 radical (unpaired) electrons. The van der Waals surface area contributed by atoms with E-state index in [9.17, 15) is 14.4 Å². The molecular weight excluding hydrogens is 166 g/mol. The number of hydrogen-bond donors (Lipinski definition) is 3. The van der Waals surface area contributed by atoms with Crippen molar-refractivity contribution in [1.29, 1.82) is 0 Å². The lowest BCUT2D eigenvalue weighted by atomic mass is 10.5. The summed E-state index contributed by atoms with van der Waals surface area (Å²) in [7, 11) is 0. The van der Waals surface area contributed by atoms with Crippen LogP contribution in [0.15, 0.2) is 0 Å². The molecule has 1 atom stereocenters. The zero-order valence-electron chi connectivity index (χ0n) is 5.99. The highest BCUT2D eigenvalue weighted by molar-refractivity contribution is 6.04. The smallest absolute Gasteiger partial charge is 0.324 e. The number of ether oxygens (including phenoxy) is 1. The molecule has 0 aromatic heterocycles. The molecule has 0 aromatic carbocycles. The van der Waals surface area contributed by atoms with Crippen molar-refractivity contribution in [3.8, 4) is 0 Å². The van der Waals surface area contributed by atoms with E-state index in [0.717, 1.165) is 0 Å². The molecule has 1 fully saturated rings. The van der Waals surface area contributed by atoms with Gasteiger partial charge < -0.3 is 10.5 Å². The Hall–Kier alpha value is -1.63. The minimum atomic E-state index is -1.24. The van der Waals surface area contributed by atoms with Crippen LogP contribution in [0.5, 0.6) is 0 Å². The molecule has 1 rings (SSSR count). The van der Waals surface area contributed by atoms with Crippen LogP contribution in [0.3, 0.4) is 0 Å². The number of carbonyl (C=O) groups is 3. The van der Waals surface area contributed by atoms with Crippen molar-refractivity contribution in [3.63, 3.8) is 0 Å². The van der Waals surface area contributed by atoms with Crippen molar-refractivity contribution < 1.29 is 19.1 Å². The number of carbonyl (C=O) groups excluding carboxylic acids is 3. The van der Waals surface area contributed by atoms with Gasteiger partial charge in [-0.3, -0.25) is 20.2 Å². The van der Waals surface area contributed by atoms with Gasteiger partial charge >= 0.3 is 12.0 Å². The van der Waals surface area contributed by atoms with Crippen LogP contribution in [0.2, 0.25) is 0 Å². The zero-order valence-corrected chi connectivity index (χ0v) is 5.99. The highest BCUT2D eigenvalue weighted by atomic mass is 16.6. The Kier molecular flexibility index (Phi) is 2.24. The molecule has 0 aliphatic carbocycles. The van der Waals surface area contributed by atoms with Crippen LogP contribution in [-0.4, -0.2) is 30.7 Å². The Morgan fingerprint density at radius 2 is 2.25 bits per heavy atom. The van der Waals surface area contributed by atoms with Crippen LogP contribution < -0.4 is 16.4 Å². The Labute approximate surface area is 67.2 Å². The number of esters is 1. The first-order valence-electron chi connectivity index (χ1n) is 3.14. The van der Waals surface area contributed by atoms with Crippen molar-refractivity contribution in [3.05, 3.63) is 0 Å². The van der Waals surface area contributed by atoms with Gasteiger partial charge in [-0.2, -0.15) is 0 Å². The summed E-state index contributed by atoms with van der Waals surface area (Å²) in [5.41, 5.74) is 4.91. The summed E-state index contributed by atoms with van der Waals surface area (Å²) in [5, 5.41) is 3.96. The van der Waals surface area contributed by atoms with Gasteiger partial charge in [-0.25, -0.2) is 4.79 Å². The largest absolute Gasteiger partial charge is 0.431 e. The van der Waals surface area contributed by atoms with E-state index in [0.29, 0.717) is 0 Å². The monoisotopic (exact) mass is 173 g/mol. The summed E-state index contributed by atoms with van der Waals surface area (Å²) >= 11 is 0. The predicted octanol–water partition coefficient (Wildman–Crippen LogP) is -2.35. The van der Waals surface area contributed by atoms with Gasteiger partial charge in [0.05, 0.1) is 6.54 Å². The second-order valence-electron chi connectivity index (χ2n) is 2.04. The van der Waals surface area contributed by atoms with E-state index in [1.54, 1.807) is 0 Å². The van der Waals surface area contributed by atoms with Gasteiger partial charge in [0, 0.05) is 0 Å². The maximum Gasteiger partial charge on any atom is 0.324 e. The van der Waals surface area contributed by atoms with E-state index in [4.69, 9.17) is 5.73 Å². The molecule has 7 heteroatoms. The third-order valence-electron chi connectivity index (χ3n) is 1.15. The molecule has 7 nitrogen and oxygen atoms in total. The molecular formula is C5H7N3O4. The van der Waals surface area contributed by atoms with Crippen LogP contribution in [0.1, 0.15) is 0 Å². The summed E-state index contributed by atoms with van der Waals surface area (Å²) in [6.07, 6.45) is -1.24. The Bertz CT molecular complexity index is 239. The van der Waals surface area contributed by atoms with Crippen LogP contribution in [0.25, 0.3) is 0 Å². The van der Waals surface area contributed by atoms with Crippen molar-refractivity contribution >= 4 is 17.9 Å². The molecule has 1 aliphatic heterocycles. The standard InChI is InChI=1S/C5H7N3O4/c6-1-2(9)12-4-3(10)7-5(11)8-4/h4H,1,6H2,(H2,7,8,10,11). The third-order valence-corrected chi connectivity index (χ3v) is 1.15. The Balaban J connectivity index is 2.48. The van der Waals surface area contributed by atoms with Gasteiger partial charge in [0.1, 0.15) is 0 Å². The summed E-state index contributed by atoms with van der Waals surface area (Å²) in [5.74, 6) is -1.45. The van der Waals surface area contributed by atoms with Gasteiger partial charge in [-0.1, -0.05) is 0 Å². The number of rotatable bonds is 2. The van der Waals surface area contributed by atoms with Gasteiger partial charge in [0.2, 0.25) is 0 Å². The van der Waals surface area contributed by atoms with E-state index >= 15 is 0 Å². The SMILES string of the molecule is NCC(=O)OC1NC(=O)NC1=O. The van der Waals surface area contributed by atoms with Crippen molar-refractivity contribution in [2.45, 2.75) is 6.23 Å². The van der Waals surface area contributed by atoms with Gasteiger partial charge in [0.15, 0.2) is 0 Å². The van der Waals surface area contributed by atoms with Crippen molar-refractivity contribution in [2.75, 3.05) is 6.54 Å². The van der Waals surface area contributed by atoms with E-state index in [2.05, 4.69) is 10.1 Å². The second kappa shape index (κ2) is 3.18. The molecule has 1 unspecified atom stereocenters. The fraction of sp³-hybridized carbons (Fsp3) is 0.400. The molecule has 0 spiro atoms. The number of imide groups is 1. The normalized spacial score (nSPS) is 21.6. The summed E-state index contributed by atoms with van der Waals surface area (Å²) in [6, 6.07) is -0.685. The number of hydrogen-bond acceptors (Lipinski definition) is 5. The Morgan fingerprint density at radius 3 is 2.67 bits per heavy atom. The molecule has 1 aliphatic rings. The van der Waals surface area contributed by atoms with Crippen molar-refractivity contribution in [2.24, 2.45) is 5.73 Å². The fourth-order valence-corrected chi connectivity index (χ4v) is 0.661. The summed E-state index contributed by atoms with van der Waals surface area (Å²) < 4.78 is 4.44. The molecule has 0 bridgehead atoms. The number of nitrogens with one attached hydrogen (secondary N) is 2. The first kappa shape index (κ1) is 8.47. The lowest BCUT2D eigenvalue weighted by Crippen LogP contribution is -2.36. The van der Waals surface area contributed by atoms with Gasteiger partial charge in [-0.15, -0.1) is 0 Å². The number of urea groups is 1. The van der Waals surface area contributed by atoms with Gasteiger partial charge in [-0.05, 0) is 0 Å². The highest BCUT2D eigenvalue weighted by Gasteiger charge is 2.32. The Morgan fingerprint density at radius 1 is 1.58 bits per heavy atom. The summed E-state index contributed by atoms with van der Waals surface area (Å²) in [4.78, 5) is 31.7. The molecule has 3 amide bonds. The fourth-order valence-electron chi connectivity index (χ4n) is 0.661. The molecule has 0 saturated carbocycles. The lowest BCUT2D eigenvalue weighted by molar-refractivity contribution is -0.153. The highest BCUT2D eigenvalue weighted by Crippen LogP contribution is 1.94. The molecule has 0 aromatic rings. The van der Waals surface area contributed by atoms with Crippen LogP contribution in [0.4, 0.5) is 4.79 Å². The summed E-state index contributed by atoms with van der Waals surface area (Å²) in [6.45, 7) is -0.334. The maximum absolute atomic E-state index is 10.7. The minimum absolute atomic E-state index is 0.334. The topological polar surface area (TPSA) is 111 Å². The third kappa shape index (κ3) is 1.70.